The number of hydrogen-bond acceptors (Lipinski definition) is 2. The number of rotatable bonds is 5. The molecule has 0 bridgehead atoms. The van der Waals surface area contributed by atoms with E-state index in [0.29, 0.717) is 10.8 Å². The van der Waals surface area contributed by atoms with Gasteiger partial charge in [-0.1, -0.05) is 54.1 Å². The predicted molar refractivity (Wildman–Crippen MR) is 91.2 cm³/mol. The van der Waals surface area contributed by atoms with Crippen molar-refractivity contribution in [3.8, 4) is 5.75 Å². The van der Waals surface area contributed by atoms with Gasteiger partial charge in [-0.3, -0.25) is 0 Å². The van der Waals surface area contributed by atoms with Gasteiger partial charge in [0, 0.05) is 11.4 Å². The molecule has 4 heteroatoms. The van der Waals surface area contributed by atoms with Crippen LogP contribution in [-0.4, -0.2) is 17.2 Å². The van der Waals surface area contributed by atoms with Crippen LogP contribution in [0.5, 0.6) is 5.75 Å². The normalized spacial score (nSPS) is 12.0. The van der Waals surface area contributed by atoms with Crippen LogP contribution in [0.15, 0.2) is 66.7 Å². The lowest BCUT2D eigenvalue weighted by atomic mass is 10.1. The molecule has 0 heterocycles. The molecule has 0 aromatic heterocycles. The van der Waals surface area contributed by atoms with Crippen LogP contribution >= 0.6 is 11.6 Å². The van der Waals surface area contributed by atoms with Gasteiger partial charge in [-0.05, 0) is 40.6 Å². The van der Waals surface area contributed by atoms with Gasteiger partial charge in [0.05, 0.1) is 0 Å². The number of carbonyl (C=O) groups is 1. The summed E-state index contributed by atoms with van der Waals surface area (Å²) in [6.07, 6.45) is -0.711. The van der Waals surface area contributed by atoms with Crippen LogP contribution in [0.2, 0.25) is 5.02 Å². The molecule has 3 aromatic rings. The SMILES string of the molecule is O=C(O)[C@H](Cc1cccc(Cl)c1)Oc1ccc2ccccc2c1. The highest BCUT2D eigenvalue weighted by molar-refractivity contribution is 6.30. The Bertz CT molecular complexity index is 845. The third-order valence-electron chi connectivity index (χ3n) is 3.58. The van der Waals surface area contributed by atoms with Gasteiger partial charge in [-0.2, -0.15) is 0 Å². The Hall–Kier alpha value is -2.52. The zero-order valence-electron chi connectivity index (χ0n) is 12.3. The average Bonchev–Trinajstić information content (AvgIpc) is 2.54. The summed E-state index contributed by atoms with van der Waals surface area (Å²) in [4.78, 5) is 11.5. The molecular formula is C19H15ClO3. The molecule has 3 aromatic carbocycles. The molecular weight excluding hydrogens is 312 g/mol. The Balaban J connectivity index is 1.82. The van der Waals surface area contributed by atoms with E-state index in [0.717, 1.165) is 16.3 Å². The van der Waals surface area contributed by atoms with E-state index in [9.17, 15) is 9.90 Å². The Labute approximate surface area is 139 Å². The topological polar surface area (TPSA) is 46.5 Å². The fourth-order valence-corrected chi connectivity index (χ4v) is 2.68. The highest BCUT2D eigenvalue weighted by atomic mass is 35.5. The van der Waals surface area contributed by atoms with Crippen LogP contribution in [0.25, 0.3) is 10.8 Å². The van der Waals surface area contributed by atoms with Gasteiger partial charge in [-0.15, -0.1) is 0 Å². The number of benzene rings is 3. The van der Waals surface area contributed by atoms with Crippen LogP contribution in [0, 0.1) is 0 Å². The van der Waals surface area contributed by atoms with Crippen molar-refractivity contribution in [1.82, 2.24) is 0 Å². The highest BCUT2D eigenvalue weighted by Crippen LogP contribution is 2.22. The van der Waals surface area contributed by atoms with Crippen molar-refractivity contribution in [3.05, 3.63) is 77.3 Å². The summed E-state index contributed by atoms with van der Waals surface area (Å²) in [5.41, 5.74) is 0.825. The van der Waals surface area contributed by atoms with E-state index in [4.69, 9.17) is 16.3 Å². The third kappa shape index (κ3) is 3.82. The van der Waals surface area contributed by atoms with Crippen molar-refractivity contribution in [2.24, 2.45) is 0 Å². The van der Waals surface area contributed by atoms with Crippen molar-refractivity contribution in [3.63, 3.8) is 0 Å². The third-order valence-corrected chi connectivity index (χ3v) is 3.82. The second-order valence-corrected chi connectivity index (χ2v) is 5.72. The van der Waals surface area contributed by atoms with Crippen LogP contribution in [-0.2, 0) is 11.2 Å². The molecule has 0 spiro atoms. The molecule has 0 unspecified atom stereocenters. The minimum absolute atomic E-state index is 0.253. The zero-order chi connectivity index (χ0) is 16.2. The molecule has 0 aliphatic carbocycles. The highest BCUT2D eigenvalue weighted by Gasteiger charge is 2.20. The Kier molecular flexibility index (Phi) is 4.49. The summed E-state index contributed by atoms with van der Waals surface area (Å²) in [5, 5.41) is 12.1. The van der Waals surface area contributed by atoms with Gasteiger partial charge in [0.2, 0.25) is 0 Å². The summed E-state index contributed by atoms with van der Waals surface area (Å²) in [6.45, 7) is 0. The van der Waals surface area contributed by atoms with E-state index < -0.39 is 12.1 Å². The summed E-state index contributed by atoms with van der Waals surface area (Å²) in [7, 11) is 0. The lowest BCUT2D eigenvalue weighted by molar-refractivity contribution is -0.145. The largest absolute Gasteiger partial charge is 0.478 e. The Morgan fingerprint density at radius 2 is 1.78 bits per heavy atom. The first-order chi connectivity index (χ1) is 11.1. The minimum Gasteiger partial charge on any atom is -0.478 e. The first kappa shape index (κ1) is 15.4. The number of aliphatic carboxylic acids is 1. The second-order valence-electron chi connectivity index (χ2n) is 5.29. The Morgan fingerprint density at radius 1 is 1.00 bits per heavy atom. The number of fused-ring (bicyclic) bond motifs is 1. The molecule has 0 amide bonds. The maximum Gasteiger partial charge on any atom is 0.345 e. The Morgan fingerprint density at radius 3 is 2.52 bits per heavy atom. The average molecular weight is 327 g/mol. The van der Waals surface area contributed by atoms with E-state index in [-0.39, 0.29) is 6.42 Å². The number of carboxylic acid groups (broad SMARTS) is 1. The number of hydrogen-bond donors (Lipinski definition) is 1. The fourth-order valence-electron chi connectivity index (χ4n) is 2.46. The number of halogens is 1. The smallest absolute Gasteiger partial charge is 0.345 e. The molecule has 23 heavy (non-hydrogen) atoms. The maximum absolute atomic E-state index is 11.5. The van der Waals surface area contributed by atoms with Crippen LogP contribution < -0.4 is 4.74 Å². The van der Waals surface area contributed by atoms with Crippen molar-refractivity contribution >= 4 is 28.3 Å². The van der Waals surface area contributed by atoms with E-state index in [2.05, 4.69) is 0 Å². The van der Waals surface area contributed by atoms with E-state index in [1.807, 2.05) is 42.5 Å². The summed E-state index contributed by atoms with van der Waals surface area (Å²) >= 11 is 5.95. The van der Waals surface area contributed by atoms with Crippen LogP contribution in [0.4, 0.5) is 0 Å². The molecule has 116 valence electrons. The summed E-state index contributed by atoms with van der Waals surface area (Å²) in [6, 6.07) is 20.6. The molecule has 0 saturated carbocycles. The molecule has 0 fully saturated rings. The maximum atomic E-state index is 11.5. The number of ether oxygens (including phenoxy) is 1. The molecule has 1 N–H and O–H groups in total. The van der Waals surface area contributed by atoms with Gasteiger partial charge < -0.3 is 9.84 Å². The molecule has 3 rings (SSSR count). The quantitative estimate of drug-likeness (QED) is 0.747. The molecule has 0 saturated heterocycles. The van der Waals surface area contributed by atoms with Crippen LogP contribution in [0.1, 0.15) is 5.56 Å². The van der Waals surface area contributed by atoms with Crippen molar-refractivity contribution in [2.45, 2.75) is 12.5 Å². The first-order valence-corrected chi connectivity index (χ1v) is 7.62. The molecule has 0 aliphatic rings. The second kappa shape index (κ2) is 6.71. The van der Waals surface area contributed by atoms with Gasteiger partial charge in [0.15, 0.2) is 6.10 Å². The van der Waals surface area contributed by atoms with Crippen LogP contribution in [0.3, 0.4) is 0 Å². The van der Waals surface area contributed by atoms with E-state index in [1.165, 1.54) is 0 Å². The lowest BCUT2D eigenvalue weighted by Crippen LogP contribution is -2.29. The summed E-state index contributed by atoms with van der Waals surface area (Å²) < 4.78 is 5.69. The van der Waals surface area contributed by atoms with Crippen molar-refractivity contribution in [2.75, 3.05) is 0 Å². The van der Waals surface area contributed by atoms with E-state index >= 15 is 0 Å². The van der Waals surface area contributed by atoms with Crippen molar-refractivity contribution < 1.29 is 14.6 Å². The number of carboxylic acids is 1. The monoisotopic (exact) mass is 326 g/mol. The molecule has 0 radical (unpaired) electrons. The minimum atomic E-state index is -1.00. The van der Waals surface area contributed by atoms with Gasteiger partial charge in [0.25, 0.3) is 0 Å². The fraction of sp³-hybridized carbons (Fsp3) is 0.105. The standard InChI is InChI=1S/C19H15ClO3/c20-16-7-3-4-13(10-16)11-18(19(21)22)23-17-9-8-14-5-1-2-6-15(14)12-17/h1-10,12,18H,11H2,(H,21,22)/t18-/m0/s1. The van der Waals surface area contributed by atoms with Crippen molar-refractivity contribution in [1.29, 1.82) is 0 Å². The van der Waals surface area contributed by atoms with Gasteiger partial charge in [-0.25, -0.2) is 4.79 Å². The molecule has 0 aliphatic heterocycles. The lowest BCUT2D eigenvalue weighted by Gasteiger charge is -2.16. The predicted octanol–water partition coefficient (Wildman–Crippen LogP) is 4.57. The zero-order valence-corrected chi connectivity index (χ0v) is 13.0. The van der Waals surface area contributed by atoms with Gasteiger partial charge >= 0.3 is 5.97 Å². The van der Waals surface area contributed by atoms with E-state index in [1.54, 1.807) is 24.3 Å². The molecule has 1 atom stereocenters. The first-order valence-electron chi connectivity index (χ1n) is 7.24. The molecule has 3 nitrogen and oxygen atoms in total. The summed E-state index contributed by atoms with van der Waals surface area (Å²) in [5.74, 6) is -0.462. The van der Waals surface area contributed by atoms with Gasteiger partial charge in [0.1, 0.15) is 5.75 Å².